The maximum Gasteiger partial charge on any atom is 0.247 e. The zero-order valence-electron chi connectivity index (χ0n) is 15.6. The summed E-state index contributed by atoms with van der Waals surface area (Å²) in [5.41, 5.74) is 3.31. The van der Waals surface area contributed by atoms with Crippen LogP contribution in [-0.4, -0.2) is 42.7 Å². The normalized spacial score (nSPS) is 10.5. The van der Waals surface area contributed by atoms with E-state index in [9.17, 15) is 4.79 Å². The van der Waals surface area contributed by atoms with Gasteiger partial charge in [-0.1, -0.05) is 0 Å². The summed E-state index contributed by atoms with van der Waals surface area (Å²) in [6.45, 7) is 0.0653. The lowest BCUT2D eigenvalue weighted by Crippen LogP contribution is -2.19. The lowest BCUT2D eigenvalue weighted by Gasteiger charge is -2.06. The van der Waals surface area contributed by atoms with E-state index in [0.29, 0.717) is 11.7 Å². The highest BCUT2D eigenvalue weighted by atomic mass is 16.5. The van der Waals surface area contributed by atoms with Gasteiger partial charge in [0, 0.05) is 48.2 Å². The molecule has 0 radical (unpaired) electrons. The van der Waals surface area contributed by atoms with E-state index >= 15 is 0 Å². The van der Waals surface area contributed by atoms with Crippen LogP contribution in [0.4, 0.5) is 5.82 Å². The van der Waals surface area contributed by atoms with Crippen LogP contribution in [-0.2, 0) is 11.3 Å². The maximum absolute atomic E-state index is 12.3. The van der Waals surface area contributed by atoms with Crippen LogP contribution in [0.3, 0.4) is 0 Å². The number of nitrogens with one attached hydrogen (secondary N) is 1. The van der Waals surface area contributed by atoms with Crippen LogP contribution >= 0.6 is 0 Å². The van der Waals surface area contributed by atoms with Crippen LogP contribution in [0.5, 0.6) is 5.88 Å². The number of nitrogens with zero attached hydrogens (tertiary/aromatic N) is 6. The van der Waals surface area contributed by atoms with Gasteiger partial charge in [-0.05, 0) is 23.8 Å². The van der Waals surface area contributed by atoms with Crippen molar-refractivity contribution >= 4 is 11.7 Å². The molecule has 29 heavy (non-hydrogen) atoms. The SMILES string of the molecule is COc1cc(-c2cnn(CC(=O)Nc3ccc(-c4cnccn4)cn3)c2)ccn1. The fourth-order valence-electron chi connectivity index (χ4n) is 2.70. The quantitative estimate of drug-likeness (QED) is 0.541. The van der Waals surface area contributed by atoms with Gasteiger partial charge in [-0.3, -0.25) is 19.4 Å². The molecule has 1 amide bonds. The molecule has 0 spiro atoms. The van der Waals surface area contributed by atoms with E-state index < -0.39 is 0 Å². The number of methoxy groups -OCH3 is 1. The Morgan fingerprint density at radius 2 is 1.93 bits per heavy atom. The topological polar surface area (TPSA) is 108 Å². The monoisotopic (exact) mass is 387 g/mol. The number of rotatable bonds is 6. The Bertz CT molecular complexity index is 1110. The van der Waals surface area contributed by atoms with Crippen LogP contribution < -0.4 is 10.1 Å². The molecule has 0 aromatic carbocycles. The summed E-state index contributed by atoms with van der Waals surface area (Å²) in [7, 11) is 1.56. The molecule has 0 aliphatic carbocycles. The molecule has 4 heterocycles. The van der Waals surface area contributed by atoms with Gasteiger partial charge in [-0.2, -0.15) is 5.10 Å². The van der Waals surface area contributed by atoms with Gasteiger partial charge in [-0.25, -0.2) is 9.97 Å². The second-order valence-electron chi connectivity index (χ2n) is 6.08. The summed E-state index contributed by atoms with van der Waals surface area (Å²) in [5, 5.41) is 7.00. The third-order valence-corrected chi connectivity index (χ3v) is 4.11. The van der Waals surface area contributed by atoms with E-state index in [2.05, 4.69) is 30.4 Å². The number of hydrogen-bond donors (Lipinski definition) is 1. The zero-order valence-corrected chi connectivity index (χ0v) is 15.6. The molecule has 0 atom stereocenters. The fourth-order valence-corrected chi connectivity index (χ4v) is 2.70. The van der Waals surface area contributed by atoms with Gasteiger partial charge < -0.3 is 10.1 Å². The number of pyridine rings is 2. The molecule has 9 nitrogen and oxygen atoms in total. The standard InChI is InChI=1S/C20H17N7O2/c1-29-20-8-14(4-5-23-20)16-10-25-27(12-16)13-19(28)26-18-3-2-15(9-24-18)17-11-21-6-7-22-17/h2-12H,13H2,1H3,(H,24,26,28). The largest absolute Gasteiger partial charge is 0.481 e. The minimum atomic E-state index is -0.230. The molecule has 9 heteroatoms. The van der Waals surface area contributed by atoms with Crippen molar-refractivity contribution < 1.29 is 9.53 Å². The number of anilines is 1. The Labute approximate surface area is 166 Å². The Kier molecular flexibility index (Phi) is 5.19. The van der Waals surface area contributed by atoms with Gasteiger partial charge in [0.1, 0.15) is 12.4 Å². The first-order valence-corrected chi connectivity index (χ1v) is 8.76. The molecule has 4 aromatic rings. The third kappa shape index (κ3) is 4.41. The predicted molar refractivity (Wildman–Crippen MR) is 106 cm³/mol. The Balaban J connectivity index is 1.39. The zero-order chi connectivity index (χ0) is 20.1. The highest BCUT2D eigenvalue weighted by Crippen LogP contribution is 2.21. The first kappa shape index (κ1) is 18.2. The predicted octanol–water partition coefficient (Wildman–Crippen LogP) is 2.44. The lowest BCUT2D eigenvalue weighted by atomic mass is 10.1. The van der Waals surface area contributed by atoms with Gasteiger partial charge in [0.15, 0.2) is 0 Å². The molecule has 0 saturated carbocycles. The molecule has 0 aliphatic heterocycles. The number of carbonyl (C=O) groups is 1. The highest BCUT2D eigenvalue weighted by molar-refractivity contribution is 5.89. The van der Waals surface area contributed by atoms with Crippen molar-refractivity contribution in [2.45, 2.75) is 6.54 Å². The van der Waals surface area contributed by atoms with Gasteiger partial charge in [-0.15, -0.1) is 0 Å². The van der Waals surface area contributed by atoms with Gasteiger partial charge >= 0.3 is 0 Å². The Morgan fingerprint density at radius 3 is 2.69 bits per heavy atom. The molecule has 0 saturated heterocycles. The lowest BCUT2D eigenvalue weighted by molar-refractivity contribution is -0.116. The Hall–Kier alpha value is -4.14. The average molecular weight is 387 g/mol. The van der Waals surface area contributed by atoms with Crippen molar-refractivity contribution in [2.75, 3.05) is 12.4 Å². The van der Waals surface area contributed by atoms with Crippen LogP contribution in [0.25, 0.3) is 22.4 Å². The van der Waals surface area contributed by atoms with E-state index in [1.54, 1.807) is 61.2 Å². The van der Waals surface area contributed by atoms with E-state index in [4.69, 9.17) is 4.74 Å². The molecule has 4 rings (SSSR count). The second kappa shape index (κ2) is 8.26. The van der Waals surface area contributed by atoms with E-state index in [-0.39, 0.29) is 12.5 Å². The van der Waals surface area contributed by atoms with Crippen LogP contribution in [0.2, 0.25) is 0 Å². The summed E-state index contributed by atoms with van der Waals surface area (Å²) >= 11 is 0. The van der Waals surface area contributed by atoms with Crippen LogP contribution in [0.1, 0.15) is 0 Å². The maximum atomic E-state index is 12.3. The van der Waals surface area contributed by atoms with E-state index in [0.717, 1.165) is 22.4 Å². The van der Waals surface area contributed by atoms with Crippen molar-refractivity contribution in [3.63, 3.8) is 0 Å². The molecular formula is C20H17N7O2. The van der Waals surface area contributed by atoms with E-state index in [1.807, 2.05) is 18.2 Å². The first-order chi connectivity index (χ1) is 14.2. The molecule has 0 unspecified atom stereocenters. The molecule has 0 fully saturated rings. The molecule has 1 N–H and O–H groups in total. The summed E-state index contributed by atoms with van der Waals surface area (Å²) in [6, 6.07) is 7.21. The highest BCUT2D eigenvalue weighted by Gasteiger charge is 2.09. The van der Waals surface area contributed by atoms with Crippen molar-refractivity contribution in [2.24, 2.45) is 0 Å². The molecule has 144 valence electrons. The smallest absolute Gasteiger partial charge is 0.247 e. The van der Waals surface area contributed by atoms with Gasteiger partial charge in [0.2, 0.25) is 11.8 Å². The second-order valence-corrected chi connectivity index (χ2v) is 6.08. The van der Waals surface area contributed by atoms with Crippen LogP contribution in [0.15, 0.2) is 67.6 Å². The summed E-state index contributed by atoms with van der Waals surface area (Å²) in [4.78, 5) is 28.9. The first-order valence-electron chi connectivity index (χ1n) is 8.76. The number of ether oxygens (including phenoxy) is 1. The van der Waals surface area contributed by atoms with Crippen molar-refractivity contribution in [3.05, 3.63) is 67.6 Å². The van der Waals surface area contributed by atoms with Crippen molar-refractivity contribution in [1.82, 2.24) is 29.7 Å². The number of aromatic nitrogens is 6. The van der Waals surface area contributed by atoms with Crippen LogP contribution in [0, 0.1) is 0 Å². The third-order valence-electron chi connectivity index (χ3n) is 4.11. The molecule has 0 aliphatic rings. The summed E-state index contributed by atoms with van der Waals surface area (Å²) in [5.74, 6) is 0.740. The minimum Gasteiger partial charge on any atom is -0.481 e. The van der Waals surface area contributed by atoms with Crippen molar-refractivity contribution in [3.8, 4) is 28.3 Å². The average Bonchev–Trinajstić information content (AvgIpc) is 3.23. The minimum absolute atomic E-state index is 0.0653. The van der Waals surface area contributed by atoms with Gasteiger partial charge in [0.05, 0.1) is 25.2 Å². The van der Waals surface area contributed by atoms with Gasteiger partial charge in [0.25, 0.3) is 0 Å². The van der Waals surface area contributed by atoms with E-state index in [1.165, 1.54) is 0 Å². The molecular weight excluding hydrogens is 370 g/mol. The summed E-state index contributed by atoms with van der Waals surface area (Å²) in [6.07, 6.45) is 11.7. The van der Waals surface area contributed by atoms with Crippen molar-refractivity contribution in [1.29, 1.82) is 0 Å². The molecule has 4 aromatic heterocycles. The number of hydrogen-bond acceptors (Lipinski definition) is 7. The number of carbonyl (C=O) groups excluding carboxylic acids is 1. The molecule has 0 bridgehead atoms. The summed E-state index contributed by atoms with van der Waals surface area (Å²) < 4.78 is 6.69. The Morgan fingerprint density at radius 1 is 1.00 bits per heavy atom. The fraction of sp³-hybridized carbons (Fsp3) is 0.100. The number of amides is 1.